The number of halogens is 1. The van der Waals surface area contributed by atoms with E-state index in [1.54, 1.807) is 0 Å². The fraction of sp³-hybridized carbons (Fsp3) is 0.294. The quantitative estimate of drug-likeness (QED) is 0.680. The molecule has 0 aliphatic heterocycles. The summed E-state index contributed by atoms with van der Waals surface area (Å²) in [5.74, 6) is 1.51. The number of alkyl halides is 1. The first-order chi connectivity index (χ1) is 10.2. The Morgan fingerprint density at radius 3 is 2.48 bits per heavy atom. The normalized spacial score (nSPS) is 11.2. The van der Waals surface area contributed by atoms with Crippen LogP contribution in [0.5, 0.6) is 0 Å². The highest BCUT2D eigenvalue weighted by atomic mass is 35.5. The molecule has 4 heteroatoms. The maximum Gasteiger partial charge on any atom is 0.164 e. The van der Waals surface area contributed by atoms with E-state index in [9.17, 15) is 0 Å². The maximum absolute atomic E-state index is 5.93. The number of fused-ring (bicyclic) bond motifs is 1. The van der Waals surface area contributed by atoms with Crippen molar-refractivity contribution in [2.45, 2.75) is 26.7 Å². The number of imidazole rings is 1. The van der Waals surface area contributed by atoms with E-state index in [0.717, 1.165) is 41.2 Å². The summed E-state index contributed by atoms with van der Waals surface area (Å²) >= 11 is 5.93. The van der Waals surface area contributed by atoms with Gasteiger partial charge < -0.3 is 0 Å². The first kappa shape index (κ1) is 14.1. The monoisotopic (exact) mass is 299 g/mol. The van der Waals surface area contributed by atoms with Crippen LogP contribution in [0.25, 0.3) is 16.9 Å². The molecule has 2 heterocycles. The van der Waals surface area contributed by atoms with Crippen molar-refractivity contribution < 1.29 is 0 Å². The van der Waals surface area contributed by atoms with E-state index in [0.29, 0.717) is 5.88 Å². The molecule has 0 aliphatic carbocycles. The zero-order valence-electron chi connectivity index (χ0n) is 12.3. The largest absolute Gasteiger partial charge is 0.281 e. The molecule has 0 N–H and O–H groups in total. The van der Waals surface area contributed by atoms with Crippen molar-refractivity contribution in [3.8, 4) is 5.69 Å². The topological polar surface area (TPSA) is 30.7 Å². The Balaban J connectivity index is 2.21. The fourth-order valence-corrected chi connectivity index (χ4v) is 2.67. The lowest BCUT2D eigenvalue weighted by molar-refractivity contribution is 0.903. The minimum Gasteiger partial charge on any atom is -0.281 e. The molecule has 0 bridgehead atoms. The fourth-order valence-electron chi connectivity index (χ4n) is 2.50. The van der Waals surface area contributed by atoms with Crippen LogP contribution in [0.3, 0.4) is 0 Å². The number of aryl methyl sites for hydroxylation is 3. The van der Waals surface area contributed by atoms with Crippen LogP contribution in [0.4, 0.5) is 0 Å². The van der Waals surface area contributed by atoms with Gasteiger partial charge in [0.2, 0.25) is 0 Å². The van der Waals surface area contributed by atoms with E-state index in [1.807, 2.05) is 19.1 Å². The van der Waals surface area contributed by atoms with Crippen LogP contribution in [0.15, 0.2) is 36.4 Å². The van der Waals surface area contributed by atoms with Gasteiger partial charge in [-0.1, -0.05) is 19.1 Å². The highest BCUT2D eigenvalue weighted by Gasteiger charge is 2.13. The van der Waals surface area contributed by atoms with E-state index in [4.69, 9.17) is 11.6 Å². The molecule has 0 saturated heterocycles. The molecular weight excluding hydrogens is 282 g/mol. The maximum atomic E-state index is 5.93. The van der Waals surface area contributed by atoms with Gasteiger partial charge in [0.15, 0.2) is 5.65 Å². The van der Waals surface area contributed by atoms with E-state index in [1.165, 1.54) is 5.56 Å². The minimum absolute atomic E-state index is 0.551. The highest BCUT2D eigenvalue weighted by Crippen LogP contribution is 2.21. The molecule has 108 valence electrons. The van der Waals surface area contributed by atoms with Gasteiger partial charge in [-0.2, -0.15) is 0 Å². The average Bonchev–Trinajstić information content (AvgIpc) is 2.85. The van der Waals surface area contributed by atoms with Crippen molar-refractivity contribution in [1.29, 1.82) is 0 Å². The van der Waals surface area contributed by atoms with Crippen molar-refractivity contribution in [3.05, 3.63) is 53.5 Å². The van der Waals surface area contributed by atoms with Crippen molar-refractivity contribution in [1.82, 2.24) is 14.5 Å². The molecule has 1 aromatic carbocycles. The number of hydrogen-bond donors (Lipinski definition) is 0. The van der Waals surface area contributed by atoms with Crippen LogP contribution in [0.2, 0.25) is 0 Å². The summed E-state index contributed by atoms with van der Waals surface area (Å²) in [6.45, 7) is 4.16. The Labute approximate surface area is 129 Å². The molecule has 0 radical (unpaired) electrons. The lowest BCUT2D eigenvalue weighted by atomic mass is 10.1. The summed E-state index contributed by atoms with van der Waals surface area (Å²) in [5, 5.41) is 0. The van der Waals surface area contributed by atoms with Crippen LogP contribution >= 0.6 is 11.6 Å². The summed E-state index contributed by atoms with van der Waals surface area (Å²) in [4.78, 5) is 9.33. The second-order valence-electron chi connectivity index (χ2n) is 5.12. The Bertz CT molecular complexity index is 760. The Morgan fingerprint density at radius 1 is 1.05 bits per heavy atom. The zero-order chi connectivity index (χ0) is 14.8. The number of nitrogens with zero attached hydrogens (tertiary/aromatic N) is 3. The van der Waals surface area contributed by atoms with Crippen LogP contribution in [-0.2, 0) is 12.8 Å². The van der Waals surface area contributed by atoms with Crippen LogP contribution in [0.1, 0.15) is 24.0 Å². The second-order valence-corrected chi connectivity index (χ2v) is 5.50. The lowest BCUT2D eigenvalue weighted by Gasteiger charge is -2.09. The molecule has 3 nitrogen and oxygen atoms in total. The summed E-state index contributed by atoms with van der Waals surface area (Å²) in [7, 11) is 0. The van der Waals surface area contributed by atoms with Crippen molar-refractivity contribution in [2.24, 2.45) is 0 Å². The van der Waals surface area contributed by atoms with Gasteiger partial charge in [0.25, 0.3) is 0 Å². The van der Waals surface area contributed by atoms with E-state index in [2.05, 4.69) is 45.7 Å². The van der Waals surface area contributed by atoms with Gasteiger partial charge in [-0.3, -0.25) is 4.57 Å². The predicted molar refractivity (Wildman–Crippen MR) is 87.4 cm³/mol. The minimum atomic E-state index is 0.551. The number of pyridine rings is 1. The Hall–Kier alpha value is -1.87. The van der Waals surface area contributed by atoms with E-state index in [-0.39, 0.29) is 0 Å². The van der Waals surface area contributed by atoms with Crippen molar-refractivity contribution in [3.63, 3.8) is 0 Å². The van der Waals surface area contributed by atoms with Gasteiger partial charge in [-0.15, -0.1) is 11.6 Å². The van der Waals surface area contributed by atoms with Gasteiger partial charge in [0.05, 0.1) is 0 Å². The smallest absolute Gasteiger partial charge is 0.164 e. The molecule has 0 aliphatic rings. The molecule has 3 aromatic rings. The van der Waals surface area contributed by atoms with Gasteiger partial charge in [0.1, 0.15) is 11.3 Å². The molecular formula is C17H18ClN3. The molecule has 2 aromatic heterocycles. The number of rotatable bonds is 4. The third-order valence-corrected chi connectivity index (χ3v) is 3.82. The lowest BCUT2D eigenvalue weighted by Crippen LogP contribution is -2.03. The second kappa shape index (κ2) is 5.86. The average molecular weight is 300 g/mol. The molecule has 0 atom stereocenters. The molecule has 0 unspecified atom stereocenters. The first-order valence-corrected chi connectivity index (χ1v) is 7.76. The van der Waals surface area contributed by atoms with Gasteiger partial charge in [-0.25, -0.2) is 9.97 Å². The van der Waals surface area contributed by atoms with Crippen LogP contribution < -0.4 is 0 Å². The summed E-state index contributed by atoms with van der Waals surface area (Å²) in [6, 6.07) is 12.6. The Kier molecular flexibility index (Phi) is 3.93. The van der Waals surface area contributed by atoms with Gasteiger partial charge in [-0.05, 0) is 43.2 Å². The van der Waals surface area contributed by atoms with Crippen LogP contribution in [-0.4, -0.2) is 20.4 Å². The van der Waals surface area contributed by atoms with E-state index >= 15 is 0 Å². The molecule has 0 spiro atoms. The molecule has 0 saturated carbocycles. The first-order valence-electron chi connectivity index (χ1n) is 7.23. The van der Waals surface area contributed by atoms with Gasteiger partial charge >= 0.3 is 0 Å². The predicted octanol–water partition coefficient (Wildman–Crippen LogP) is 4.07. The van der Waals surface area contributed by atoms with Crippen LogP contribution in [0, 0.1) is 6.92 Å². The highest BCUT2D eigenvalue weighted by molar-refractivity contribution is 6.17. The summed E-state index contributed by atoms with van der Waals surface area (Å²) < 4.78 is 2.12. The van der Waals surface area contributed by atoms with Crippen molar-refractivity contribution in [2.75, 3.05) is 5.88 Å². The molecule has 21 heavy (non-hydrogen) atoms. The Morgan fingerprint density at radius 2 is 1.81 bits per heavy atom. The summed E-state index contributed by atoms with van der Waals surface area (Å²) in [6.07, 6.45) is 1.77. The standard InChI is InChI=1S/C17H18ClN3/c1-3-13-5-7-14(8-6-13)21-16(10-11-18)20-15-9-4-12(2)19-17(15)21/h4-9H,3,10-11H2,1-2H3. The third-order valence-electron chi connectivity index (χ3n) is 3.63. The molecule has 0 amide bonds. The van der Waals surface area contributed by atoms with E-state index < -0.39 is 0 Å². The van der Waals surface area contributed by atoms with Gasteiger partial charge in [0, 0.05) is 23.7 Å². The molecule has 0 fully saturated rings. The van der Waals surface area contributed by atoms with Crippen molar-refractivity contribution >= 4 is 22.8 Å². The number of hydrogen-bond acceptors (Lipinski definition) is 2. The zero-order valence-corrected chi connectivity index (χ0v) is 13.1. The number of benzene rings is 1. The molecule has 3 rings (SSSR count). The third kappa shape index (κ3) is 2.66. The summed E-state index contributed by atoms with van der Waals surface area (Å²) in [5.41, 5.74) is 5.23. The SMILES string of the molecule is CCc1ccc(-n2c(CCCl)nc3ccc(C)nc32)cc1. The number of aromatic nitrogens is 3.